The number of hydrogen-bond acceptors (Lipinski definition) is 2. The van der Waals surface area contributed by atoms with Crippen molar-refractivity contribution in [3.63, 3.8) is 0 Å². The van der Waals surface area contributed by atoms with Crippen molar-refractivity contribution in [3.05, 3.63) is 0 Å². The molecule has 0 rings (SSSR count). The van der Waals surface area contributed by atoms with Crippen LogP contribution in [0.1, 0.15) is 110 Å². The summed E-state index contributed by atoms with van der Waals surface area (Å²) in [7, 11) is 0. The highest BCUT2D eigenvalue weighted by Crippen LogP contribution is 2.14. The van der Waals surface area contributed by atoms with Crippen LogP contribution in [0.5, 0.6) is 0 Å². The van der Waals surface area contributed by atoms with Crippen molar-refractivity contribution in [3.8, 4) is 0 Å². The van der Waals surface area contributed by atoms with Crippen molar-refractivity contribution in [1.82, 2.24) is 0 Å². The van der Waals surface area contributed by atoms with E-state index in [0.29, 0.717) is 6.42 Å². The summed E-state index contributed by atoms with van der Waals surface area (Å²) >= 11 is 0. The third-order valence-electron chi connectivity index (χ3n) is 4.56. The quantitative estimate of drug-likeness (QED) is 0.326. The lowest BCUT2D eigenvalue weighted by Crippen LogP contribution is -2.14. The van der Waals surface area contributed by atoms with Gasteiger partial charge in [0.1, 0.15) is 5.78 Å². The molecule has 0 spiro atoms. The van der Waals surface area contributed by atoms with Gasteiger partial charge in [0.2, 0.25) is 0 Å². The van der Waals surface area contributed by atoms with Crippen LogP contribution in [0.4, 0.5) is 0 Å². The Balaban J connectivity index is 3.24. The van der Waals surface area contributed by atoms with E-state index in [1.54, 1.807) is 6.92 Å². The zero-order valence-electron chi connectivity index (χ0n) is 15.4. The molecule has 0 aromatic carbocycles. The Morgan fingerprint density at radius 2 is 1.13 bits per heavy atom. The number of hydrogen-bond donors (Lipinski definition) is 1. The van der Waals surface area contributed by atoms with Gasteiger partial charge in [0, 0.05) is 12.3 Å². The van der Waals surface area contributed by atoms with Gasteiger partial charge in [-0.2, -0.15) is 0 Å². The van der Waals surface area contributed by atoms with E-state index in [1.807, 2.05) is 0 Å². The maximum Gasteiger partial charge on any atom is 0.304 e. The molecular formula is C20H38O3. The van der Waals surface area contributed by atoms with Crippen molar-refractivity contribution < 1.29 is 14.7 Å². The third-order valence-corrected chi connectivity index (χ3v) is 4.56. The van der Waals surface area contributed by atoms with Crippen molar-refractivity contribution in [2.75, 3.05) is 0 Å². The van der Waals surface area contributed by atoms with Crippen LogP contribution in [0.3, 0.4) is 0 Å². The van der Waals surface area contributed by atoms with Gasteiger partial charge in [-0.1, -0.05) is 90.9 Å². The smallest absolute Gasteiger partial charge is 0.304 e. The SMILES string of the molecule is CCCCCCCCCCCCCCCC(=O)C(C)CC(=O)O. The van der Waals surface area contributed by atoms with Crippen LogP contribution in [0, 0.1) is 5.92 Å². The molecule has 23 heavy (non-hydrogen) atoms. The van der Waals surface area contributed by atoms with Gasteiger partial charge in [-0.3, -0.25) is 9.59 Å². The third kappa shape index (κ3) is 15.8. The molecule has 0 aromatic heterocycles. The van der Waals surface area contributed by atoms with Crippen LogP contribution in [-0.4, -0.2) is 16.9 Å². The maximum absolute atomic E-state index is 11.7. The number of carbonyl (C=O) groups is 2. The van der Waals surface area contributed by atoms with Crippen LogP contribution < -0.4 is 0 Å². The molecule has 1 N–H and O–H groups in total. The van der Waals surface area contributed by atoms with E-state index in [-0.39, 0.29) is 18.1 Å². The molecule has 3 nitrogen and oxygen atoms in total. The number of Topliss-reactive ketones (excluding diaryl/α,β-unsaturated/α-hetero) is 1. The predicted octanol–water partition coefficient (Wildman–Crippen LogP) is 6.15. The second kappa shape index (κ2) is 16.0. The fraction of sp³-hybridized carbons (Fsp3) is 0.900. The second-order valence-electron chi connectivity index (χ2n) is 6.96. The lowest BCUT2D eigenvalue weighted by Gasteiger charge is -2.07. The lowest BCUT2D eigenvalue weighted by atomic mass is 9.97. The molecule has 3 heteroatoms. The molecule has 0 aliphatic rings. The standard InChI is InChI=1S/C20H38O3/c1-3-4-5-6-7-8-9-10-11-12-13-14-15-16-19(21)18(2)17-20(22)23/h18H,3-17H2,1-2H3,(H,22,23). The molecule has 0 amide bonds. The predicted molar refractivity (Wildman–Crippen MR) is 96.7 cm³/mol. The summed E-state index contributed by atoms with van der Waals surface area (Å²) in [6.07, 6.45) is 17.4. The molecule has 0 bridgehead atoms. The lowest BCUT2D eigenvalue weighted by molar-refractivity contribution is -0.140. The van der Waals surface area contributed by atoms with E-state index >= 15 is 0 Å². The van der Waals surface area contributed by atoms with E-state index in [4.69, 9.17) is 5.11 Å². The summed E-state index contributed by atoms with van der Waals surface area (Å²) in [4.78, 5) is 22.3. The van der Waals surface area contributed by atoms with Gasteiger partial charge in [0.05, 0.1) is 6.42 Å². The number of rotatable bonds is 17. The first kappa shape index (κ1) is 22.1. The molecule has 0 aromatic rings. The molecule has 1 unspecified atom stereocenters. The highest BCUT2D eigenvalue weighted by Gasteiger charge is 2.15. The van der Waals surface area contributed by atoms with Gasteiger partial charge in [-0.15, -0.1) is 0 Å². The van der Waals surface area contributed by atoms with E-state index < -0.39 is 5.97 Å². The first-order chi connectivity index (χ1) is 11.1. The highest BCUT2D eigenvalue weighted by molar-refractivity contribution is 5.84. The molecular weight excluding hydrogens is 288 g/mol. The minimum atomic E-state index is -0.879. The molecule has 1 atom stereocenters. The van der Waals surface area contributed by atoms with Gasteiger partial charge in [0.15, 0.2) is 0 Å². The summed E-state index contributed by atoms with van der Waals surface area (Å²) in [5, 5.41) is 8.66. The van der Waals surface area contributed by atoms with Gasteiger partial charge in [-0.05, 0) is 6.42 Å². The normalized spacial score (nSPS) is 12.3. The molecule has 0 saturated carbocycles. The van der Waals surface area contributed by atoms with Crippen LogP contribution in [0.25, 0.3) is 0 Å². The van der Waals surface area contributed by atoms with Crippen molar-refractivity contribution in [2.24, 2.45) is 5.92 Å². The molecule has 0 fully saturated rings. The Bertz CT molecular complexity index is 299. The Hall–Kier alpha value is -0.860. The second-order valence-corrected chi connectivity index (χ2v) is 6.96. The Morgan fingerprint density at radius 3 is 1.52 bits per heavy atom. The fourth-order valence-electron chi connectivity index (χ4n) is 2.94. The first-order valence-corrected chi connectivity index (χ1v) is 9.82. The molecule has 0 saturated heterocycles. The van der Waals surface area contributed by atoms with Gasteiger partial charge >= 0.3 is 5.97 Å². The largest absolute Gasteiger partial charge is 0.481 e. The van der Waals surface area contributed by atoms with Gasteiger partial charge in [-0.25, -0.2) is 0 Å². The van der Waals surface area contributed by atoms with Crippen LogP contribution >= 0.6 is 0 Å². The maximum atomic E-state index is 11.7. The molecule has 0 aliphatic carbocycles. The fourth-order valence-corrected chi connectivity index (χ4v) is 2.94. The summed E-state index contributed by atoms with van der Waals surface area (Å²) in [6.45, 7) is 3.98. The van der Waals surface area contributed by atoms with Gasteiger partial charge in [0.25, 0.3) is 0 Å². The number of carboxylic acid groups (broad SMARTS) is 1. The number of carbonyl (C=O) groups excluding carboxylic acids is 1. The number of carboxylic acids is 1. The van der Waals surface area contributed by atoms with E-state index in [0.717, 1.165) is 12.8 Å². The van der Waals surface area contributed by atoms with Crippen molar-refractivity contribution >= 4 is 11.8 Å². The topological polar surface area (TPSA) is 54.4 Å². The van der Waals surface area contributed by atoms with E-state index in [1.165, 1.54) is 70.6 Å². The van der Waals surface area contributed by atoms with Gasteiger partial charge < -0.3 is 5.11 Å². The van der Waals surface area contributed by atoms with Crippen molar-refractivity contribution in [2.45, 2.75) is 110 Å². The van der Waals surface area contributed by atoms with E-state index in [2.05, 4.69) is 6.92 Å². The van der Waals surface area contributed by atoms with Crippen LogP contribution in [-0.2, 0) is 9.59 Å². The molecule has 0 aliphatic heterocycles. The summed E-state index contributed by atoms with van der Waals surface area (Å²) in [5.41, 5.74) is 0. The highest BCUT2D eigenvalue weighted by atomic mass is 16.4. The summed E-state index contributed by atoms with van der Waals surface area (Å²) < 4.78 is 0. The minimum Gasteiger partial charge on any atom is -0.481 e. The average Bonchev–Trinajstić information content (AvgIpc) is 2.51. The Kier molecular flexibility index (Phi) is 15.4. The average molecular weight is 327 g/mol. The summed E-state index contributed by atoms with van der Waals surface area (Å²) in [5.74, 6) is -1.10. The molecule has 136 valence electrons. The minimum absolute atomic E-state index is 0.0305. The monoisotopic (exact) mass is 326 g/mol. The first-order valence-electron chi connectivity index (χ1n) is 9.82. The number of aliphatic carboxylic acids is 1. The number of unbranched alkanes of at least 4 members (excludes halogenated alkanes) is 12. The molecule has 0 radical (unpaired) electrons. The van der Waals surface area contributed by atoms with Crippen LogP contribution in [0.2, 0.25) is 0 Å². The zero-order valence-corrected chi connectivity index (χ0v) is 15.4. The zero-order chi connectivity index (χ0) is 17.3. The Labute approximate surface area is 143 Å². The number of ketones is 1. The van der Waals surface area contributed by atoms with E-state index in [9.17, 15) is 9.59 Å². The van der Waals surface area contributed by atoms with Crippen LogP contribution in [0.15, 0.2) is 0 Å². The van der Waals surface area contributed by atoms with Crippen molar-refractivity contribution in [1.29, 1.82) is 0 Å². The molecule has 0 heterocycles. The summed E-state index contributed by atoms with van der Waals surface area (Å²) in [6, 6.07) is 0. The Morgan fingerprint density at radius 1 is 0.739 bits per heavy atom.